The molecule has 1 unspecified atom stereocenters. The van der Waals surface area contributed by atoms with E-state index in [0.29, 0.717) is 0 Å². The summed E-state index contributed by atoms with van der Waals surface area (Å²) in [5.41, 5.74) is 1.84. The zero-order valence-electron chi connectivity index (χ0n) is 12.1. The molecular formula is C16H19FN4. The molecule has 0 aliphatic carbocycles. The second-order valence-corrected chi connectivity index (χ2v) is 5.30. The molecule has 0 amide bonds. The maximum atomic E-state index is 12.9. The van der Waals surface area contributed by atoms with Gasteiger partial charge in [0, 0.05) is 44.1 Å². The van der Waals surface area contributed by atoms with Crippen molar-refractivity contribution in [2.45, 2.75) is 13.0 Å². The summed E-state index contributed by atoms with van der Waals surface area (Å²) in [6.07, 6.45) is 3.63. The number of halogens is 1. The molecule has 21 heavy (non-hydrogen) atoms. The molecule has 5 heteroatoms. The van der Waals surface area contributed by atoms with Crippen LogP contribution in [-0.4, -0.2) is 41.0 Å². The maximum absolute atomic E-state index is 12.9. The molecule has 1 N–H and O–H groups in total. The van der Waals surface area contributed by atoms with Gasteiger partial charge < -0.3 is 5.32 Å². The van der Waals surface area contributed by atoms with Crippen molar-refractivity contribution in [3.63, 3.8) is 0 Å². The van der Waals surface area contributed by atoms with E-state index in [2.05, 4.69) is 27.1 Å². The Morgan fingerprint density at radius 2 is 1.67 bits per heavy atom. The lowest BCUT2D eigenvalue weighted by molar-refractivity contribution is 0.179. The Balaban J connectivity index is 1.75. The molecule has 1 saturated heterocycles. The molecule has 2 heterocycles. The van der Waals surface area contributed by atoms with Crippen LogP contribution in [0.2, 0.25) is 0 Å². The predicted molar refractivity (Wildman–Crippen MR) is 80.3 cm³/mol. The van der Waals surface area contributed by atoms with Crippen molar-refractivity contribution >= 4 is 0 Å². The van der Waals surface area contributed by atoms with Gasteiger partial charge in [0.15, 0.2) is 0 Å². The van der Waals surface area contributed by atoms with E-state index in [4.69, 9.17) is 0 Å². The molecule has 0 spiro atoms. The summed E-state index contributed by atoms with van der Waals surface area (Å²) in [5, 5.41) is 3.34. The van der Waals surface area contributed by atoms with Crippen LogP contribution < -0.4 is 5.32 Å². The quantitative estimate of drug-likeness (QED) is 0.939. The van der Waals surface area contributed by atoms with Crippen molar-refractivity contribution in [2.75, 3.05) is 26.2 Å². The third-order valence-electron chi connectivity index (χ3n) is 3.92. The van der Waals surface area contributed by atoms with Gasteiger partial charge in [0.2, 0.25) is 0 Å². The largest absolute Gasteiger partial charge is 0.314 e. The number of nitrogens with one attached hydrogen (secondary N) is 1. The fraction of sp³-hybridized carbons (Fsp3) is 0.375. The molecule has 0 radical (unpaired) electrons. The van der Waals surface area contributed by atoms with Crippen LogP contribution in [0.5, 0.6) is 0 Å². The van der Waals surface area contributed by atoms with E-state index in [-0.39, 0.29) is 11.9 Å². The molecule has 1 aliphatic heterocycles. The van der Waals surface area contributed by atoms with E-state index < -0.39 is 0 Å². The lowest BCUT2D eigenvalue weighted by Gasteiger charge is -2.31. The van der Waals surface area contributed by atoms with Crippen LogP contribution in [0.4, 0.5) is 4.39 Å². The Bertz CT molecular complexity index is 576. The summed E-state index contributed by atoms with van der Waals surface area (Å²) in [4.78, 5) is 11.3. The summed E-state index contributed by atoms with van der Waals surface area (Å²) in [6.45, 7) is 6.20. The van der Waals surface area contributed by atoms with Gasteiger partial charge in [0.25, 0.3) is 0 Å². The zero-order chi connectivity index (χ0) is 14.7. The third kappa shape index (κ3) is 3.25. The molecule has 1 aromatic heterocycles. The van der Waals surface area contributed by atoms with Gasteiger partial charge in [-0.05, 0) is 24.6 Å². The van der Waals surface area contributed by atoms with Crippen LogP contribution in [0, 0.1) is 5.82 Å². The van der Waals surface area contributed by atoms with Crippen molar-refractivity contribution < 1.29 is 4.39 Å². The van der Waals surface area contributed by atoms with Crippen molar-refractivity contribution in [3.05, 3.63) is 48.3 Å². The minimum absolute atomic E-state index is 0.217. The summed E-state index contributed by atoms with van der Waals surface area (Å²) < 4.78 is 12.9. The SMILES string of the molecule is CC(c1ncc(-c2ccc(F)cc2)cn1)N1CCNCC1. The first-order valence-corrected chi connectivity index (χ1v) is 7.27. The maximum Gasteiger partial charge on any atom is 0.145 e. The highest BCUT2D eigenvalue weighted by Crippen LogP contribution is 2.21. The smallest absolute Gasteiger partial charge is 0.145 e. The zero-order valence-corrected chi connectivity index (χ0v) is 12.1. The number of aromatic nitrogens is 2. The Hall–Kier alpha value is -1.85. The molecule has 1 atom stereocenters. The Kier molecular flexibility index (Phi) is 4.22. The minimum Gasteiger partial charge on any atom is -0.314 e. The van der Waals surface area contributed by atoms with Crippen molar-refractivity contribution in [1.82, 2.24) is 20.2 Å². The van der Waals surface area contributed by atoms with Crippen LogP contribution in [0.15, 0.2) is 36.7 Å². The summed E-state index contributed by atoms with van der Waals surface area (Å²) >= 11 is 0. The van der Waals surface area contributed by atoms with E-state index >= 15 is 0 Å². The van der Waals surface area contributed by atoms with Crippen LogP contribution in [-0.2, 0) is 0 Å². The Morgan fingerprint density at radius 3 is 2.29 bits per heavy atom. The van der Waals surface area contributed by atoms with Gasteiger partial charge in [-0.15, -0.1) is 0 Å². The third-order valence-corrected chi connectivity index (χ3v) is 3.92. The number of piperazine rings is 1. The molecule has 1 aliphatic rings. The monoisotopic (exact) mass is 286 g/mol. The molecule has 0 bridgehead atoms. The average Bonchev–Trinajstić information content (AvgIpc) is 2.56. The number of benzene rings is 1. The van der Waals surface area contributed by atoms with E-state index in [1.165, 1.54) is 12.1 Å². The van der Waals surface area contributed by atoms with Gasteiger partial charge in [-0.25, -0.2) is 14.4 Å². The van der Waals surface area contributed by atoms with E-state index in [1.54, 1.807) is 12.1 Å². The minimum atomic E-state index is -0.233. The molecule has 110 valence electrons. The van der Waals surface area contributed by atoms with E-state index in [0.717, 1.165) is 43.1 Å². The summed E-state index contributed by atoms with van der Waals surface area (Å²) in [7, 11) is 0. The lowest BCUT2D eigenvalue weighted by Crippen LogP contribution is -2.44. The molecule has 1 fully saturated rings. The van der Waals surface area contributed by atoms with Crippen LogP contribution in [0.3, 0.4) is 0 Å². The number of nitrogens with zero attached hydrogens (tertiary/aromatic N) is 3. The Labute approximate surface area is 124 Å². The van der Waals surface area contributed by atoms with Gasteiger partial charge in [0.1, 0.15) is 11.6 Å². The van der Waals surface area contributed by atoms with E-state index in [9.17, 15) is 4.39 Å². The highest BCUT2D eigenvalue weighted by molar-refractivity contribution is 5.61. The predicted octanol–water partition coefficient (Wildman–Crippen LogP) is 2.25. The topological polar surface area (TPSA) is 41.1 Å². The highest BCUT2D eigenvalue weighted by atomic mass is 19.1. The molecular weight excluding hydrogens is 267 g/mol. The second kappa shape index (κ2) is 6.28. The van der Waals surface area contributed by atoms with Gasteiger partial charge >= 0.3 is 0 Å². The van der Waals surface area contributed by atoms with Crippen LogP contribution in [0.25, 0.3) is 11.1 Å². The first-order chi connectivity index (χ1) is 10.2. The number of rotatable bonds is 3. The number of hydrogen-bond acceptors (Lipinski definition) is 4. The first kappa shape index (κ1) is 14.1. The molecule has 2 aromatic rings. The first-order valence-electron chi connectivity index (χ1n) is 7.27. The number of hydrogen-bond donors (Lipinski definition) is 1. The highest BCUT2D eigenvalue weighted by Gasteiger charge is 2.19. The van der Waals surface area contributed by atoms with Crippen LogP contribution >= 0.6 is 0 Å². The fourth-order valence-electron chi connectivity index (χ4n) is 2.58. The van der Waals surface area contributed by atoms with Crippen molar-refractivity contribution in [2.24, 2.45) is 0 Å². The van der Waals surface area contributed by atoms with Gasteiger partial charge in [-0.2, -0.15) is 0 Å². The van der Waals surface area contributed by atoms with E-state index in [1.807, 2.05) is 12.4 Å². The lowest BCUT2D eigenvalue weighted by atomic mass is 10.1. The second-order valence-electron chi connectivity index (χ2n) is 5.30. The van der Waals surface area contributed by atoms with Crippen LogP contribution in [0.1, 0.15) is 18.8 Å². The van der Waals surface area contributed by atoms with Gasteiger partial charge in [-0.1, -0.05) is 12.1 Å². The van der Waals surface area contributed by atoms with Gasteiger partial charge in [0.05, 0.1) is 6.04 Å². The molecule has 3 rings (SSSR count). The van der Waals surface area contributed by atoms with Crippen molar-refractivity contribution in [1.29, 1.82) is 0 Å². The normalized spacial score (nSPS) is 17.6. The summed E-state index contributed by atoms with van der Waals surface area (Å²) in [5.74, 6) is 0.603. The molecule has 1 aromatic carbocycles. The van der Waals surface area contributed by atoms with Gasteiger partial charge in [-0.3, -0.25) is 4.90 Å². The van der Waals surface area contributed by atoms with Crippen molar-refractivity contribution in [3.8, 4) is 11.1 Å². The average molecular weight is 286 g/mol. The fourth-order valence-corrected chi connectivity index (χ4v) is 2.58. The summed E-state index contributed by atoms with van der Waals surface area (Å²) in [6, 6.07) is 6.61. The standard InChI is InChI=1S/C16H19FN4/c1-12(21-8-6-18-7-9-21)16-19-10-14(11-20-16)13-2-4-15(17)5-3-13/h2-5,10-12,18H,6-9H2,1H3. The molecule has 0 saturated carbocycles. The molecule has 4 nitrogen and oxygen atoms in total. The Morgan fingerprint density at radius 1 is 1.05 bits per heavy atom.